The zero-order valence-electron chi connectivity index (χ0n) is 12.0. The van der Waals surface area contributed by atoms with Crippen LogP contribution < -0.4 is 9.47 Å². The minimum atomic E-state index is -0.0388. The number of carbonyl (C=O) groups is 1. The Bertz CT molecular complexity index is 617. The second-order valence-corrected chi connectivity index (χ2v) is 4.67. The molecule has 2 rings (SSSR count). The Morgan fingerprint density at radius 3 is 2.55 bits per heavy atom. The van der Waals surface area contributed by atoms with Crippen LogP contribution in [-0.4, -0.2) is 12.9 Å². The normalized spacial score (nSPS) is 10.2. The minimum Gasteiger partial charge on any atom is -0.493 e. The van der Waals surface area contributed by atoms with Crippen molar-refractivity contribution in [3.8, 4) is 11.5 Å². The predicted octanol–water partition coefficient (Wildman–Crippen LogP) is 3.79. The zero-order chi connectivity index (χ0) is 14.5. The van der Waals surface area contributed by atoms with Gasteiger partial charge < -0.3 is 9.47 Å². The van der Waals surface area contributed by atoms with Crippen molar-refractivity contribution < 1.29 is 14.3 Å². The smallest absolute Gasteiger partial charge is 0.172 e. The molecular formula is C17H18O3. The van der Waals surface area contributed by atoms with E-state index in [-0.39, 0.29) is 5.78 Å². The molecule has 0 radical (unpaired) electrons. The lowest BCUT2D eigenvalue weighted by atomic mass is 10.1. The summed E-state index contributed by atoms with van der Waals surface area (Å²) in [5, 5.41) is 0. The molecule has 0 N–H and O–H groups in total. The number of benzene rings is 2. The first-order valence-electron chi connectivity index (χ1n) is 6.48. The summed E-state index contributed by atoms with van der Waals surface area (Å²) in [4.78, 5) is 11.7. The van der Waals surface area contributed by atoms with Crippen molar-refractivity contribution >= 4 is 5.78 Å². The molecule has 3 heteroatoms. The predicted molar refractivity (Wildman–Crippen MR) is 78.5 cm³/mol. The van der Waals surface area contributed by atoms with Crippen LogP contribution in [0.25, 0.3) is 0 Å². The Kier molecular flexibility index (Phi) is 4.41. The fraction of sp³-hybridized carbons (Fsp3) is 0.235. The highest BCUT2D eigenvalue weighted by Crippen LogP contribution is 2.32. The number of hydrogen-bond acceptors (Lipinski definition) is 3. The van der Waals surface area contributed by atoms with Gasteiger partial charge in [0.2, 0.25) is 0 Å². The molecule has 0 aliphatic heterocycles. The van der Waals surface area contributed by atoms with Gasteiger partial charge in [0.15, 0.2) is 17.3 Å². The highest BCUT2D eigenvalue weighted by atomic mass is 16.5. The number of rotatable bonds is 5. The van der Waals surface area contributed by atoms with Crippen LogP contribution in [0.5, 0.6) is 11.5 Å². The number of hydrogen-bond donors (Lipinski definition) is 0. The lowest BCUT2D eigenvalue weighted by Crippen LogP contribution is -2.03. The van der Waals surface area contributed by atoms with Crippen LogP contribution in [0.3, 0.4) is 0 Å². The molecule has 0 aromatic heterocycles. The van der Waals surface area contributed by atoms with Gasteiger partial charge in [-0.2, -0.15) is 0 Å². The molecular weight excluding hydrogens is 252 g/mol. The third kappa shape index (κ3) is 3.18. The van der Waals surface area contributed by atoms with Crippen LogP contribution >= 0.6 is 0 Å². The van der Waals surface area contributed by atoms with E-state index in [2.05, 4.69) is 6.07 Å². The number of Topliss-reactive ketones (excluding diaryl/α,β-unsaturated/α-hetero) is 1. The SMILES string of the molecule is COc1cccc(C(C)=O)c1OCc1cccc(C)c1. The summed E-state index contributed by atoms with van der Waals surface area (Å²) < 4.78 is 11.1. The van der Waals surface area contributed by atoms with Gasteiger partial charge in [0.25, 0.3) is 0 Å². The maximum atomic E-state index is 11.7. The van der Waals surface area contributed by atoms with Crippen molar-refractivity contribution in [2.24, 2.45) is 0 Å². The Morgan fingerprint density at radius 1 is 1.15 bits per heavy atom. The van der Waals surface area contributed by atoms with Gasteiger partial charge in [0.05, 0.1) is 12.7 Å². The number of methoxy groups -OCH3 is 1. The molecule has 0 heterocycles. The molecule has 20 heavy (non-hydrogen) atoms. The van der Waals surface area contributed by atoms with E-state index in [0.717, 1.165) is 5.56 Å². The van der Waals surface area contributed by atoms with E-state index < -0.39 is 0 Å². The molecule has 0 spiro atoms. The molecule has 0 saturated heterocycles. The first kappa shape index (κ1) is 14.1. The van der Waals surface area contributed by atoms with Gasteiger partial charge in [-0.15, -0.1) is 0 Å². The number of para-hydroxylation sites is 1. The average molecular weight is 270 g/mol. The van der Waals surface area contributed by atoms with E-state index in [1.54, 1.807) is 25.3 Å². The summed E-state index contributed by atoms with van der Waals surface area (Å²) in [6.45, 7) is 3.96. The van der Waals surface area contributed by atoms with Gasteiger partial charge in [0.1, 0.15) is 6.61 Å². The molecule has 0 bridgehead atoms. The molecule has 0 fully saturated rings. The quantitative estimate of drug-likeness (QED) is 0.775. The van der Waals surface area contributed by atoms with Crippen molar-refractivity contribution in [2.75, 3.05) is 7.11 Å². The monoisotopic (exact) mass is 270 g/mol. The van der Waals surface area contributed by atoms with Crippen molar-refractivity contribution in [3.05, 3.63) is 59.2 Å². The van der Waals surface area contributed by atoms with Crippen LogP contribution in [0.2, 0.25) is 0 Å². The topological polar surface area (TPSA) is 35.5 Å². The largest absolute Gasteiger partial charge is 0.493 e. The first-order valence-corrected chi connectivity index (χ1v) is 6.48. The molecule has 0 amide bonds. The highest BCUT2D eigenvalue weighted by Gasteiger charge is 2.14. The van der Waals surface area contributed by atoms with Gasteiger partial charge in [-0.3, -0.25) is 4.79 Å². The van der Waals surface area contributed by atoms with Gasteiger partial charge in [-0.25, -0.2) is 0 Å². The molecule has 0 saturated carbocycles. The standard InChI is InChI=1S/C17H18O3/c1-12-6-4-7-14(10-12)11-20-17-15(13(2)18)8-5-9-16(17)19-3/h4-10H,11H2,1-3H3. The van der Waals surface area contributed by atoms with Crippen LogP contribution in [0, 0.1) is 6.92 Å². The Balaban J connectivity index is 2.26. The molecule has 0 atom stereocenters. The molecule has 104 valence electrons. The van der Waals surface area contributed by atoms with Crippen molar-refractivity contribution in [1.29, 1.82) is 0 Å². The van der Waals surface area contributed by atoms with Crippen molar-refractivity contribution in [1.82, 2.24) is 0 Å². The summed E-state index contributed by atoms with van der Waals surface area (Å²) >= 11 is 0. The third-order valence-corrected chi connectivity index (χ3v) is 3.04. The summed E-state index contributed by atoms with van der Waals surface area (Å²) in [6.07, 6.45) is 0. The fourth-order valence-corrected chi connectivity index (χ4v) is 2.06. The second-order valence-electron chi connectivity index (χ2n) is 4.67. The van der Waals surface area contributed by atoms with Crippen LogP contribution in [-0.2, 0) is 6.61 Å². The van der Waals surface area contributed by atoms with E-state index in [4.69, 9.17) is 9.47 Å². The molecule has 2 aromatic carbocycles. The summed E-state index contributed by atoms with van der Waals surface area (Å²) in [5.41, 5.74) is 2.78. The van der Waals surface area contributed by atoms with Gasteiger partial charge in [-0.05, 0) is 31.5 Å². The summed E-state index contributed by atoms with van der Waals surface area (Å²) in [6, 6.07) is 13.4. The van der Waals surface area contributed by atoms with E-state index in [9.17, 15) is 4.79 Å². The van der Waals surface area contributed by atoms with E-state index >= 15 is 0 Å². The van der Waals surface area contributed by atoms with Crippen molar-refractivity contribution in [3.63, 3.8) is 0 Å². The number of carbonyl (C=O) groups excluding carboxylic acids is 1. The summed E-state index contributed by atoms with van der Waals surface area (Å²) in [5.74, 6) is 1.04. The van der Waals surface area contributed by atoms with Gasteiger partial charge in [-0.1, -0.05) is 35.9 Å². The summed E-state index contributed by atoms with van der Waals surface area (Å²) in [7, 11) is 1.57. The number of aryl methyl sites for hydroxylation is 1. The minimum absolute atomic E-state index is 0.0388. The van der Waals surface area contributed by atoms with Crippen LogP contribution in [0.1, 0.15) is 28.4 Å². The maximum absolute atomic E-state index is 11.7. The van der Waals surface area contributed by atoms with E-state index in [1.165, 1.54) is 12.5 Å². The Morgan fingerprint density at radius 2 is 1.90 bits per heavy atom. The second kappa shape index (κ2) is 6.24. The zero-order valence-corrected chi connectivity index (χ0v) is 12.0. The lowest BCUT2D eigenvalue weighted by Gasteiger charge is -2.14. The molecule has 3 nitrogen and oxygen atoms in total. The maximum Gasteiger partial charge on any atom is 0.172 e. The van der Waals surface area contributed by atoms with Crippen molar-refractivity contribution in [2.45, 2.75) is 20.5 Å². The Labute approximate surface area is 119 Å². The molecule has 0 aliphatic carbocycles. The highest BCUT2D eigenvalue weighted by molar-refractivity contribution is 5.97. The Hall–Kier alpha value is -2.29. The molecule has 2 aromatic rings. The third-order valence-electron chi connectivity index (χ3n) is 3.04. The van der Waals surface area contributed by atoms with Gasteiger partial charge >= 0.3 is 0 Å². The number of ether oxygens (including phenoxy) is 2. The fourth-order valence-electron chi connectivity index (χ4n) is 2.06. The molecule has 0 aliphatic rings. The van der Waals surface area contributed by atoms with Gasteiger partial charge in [0, 0.05) is 0 Å². The first-order chi connectivity index (χ1) is 9.61. The van der Waals surface area contributed by atoms with E-state index in [0.29, 0.717) is 23.7 Å². The van der Waals surface area contributed by atoms with E-state index in [1.807, 2.05) is 25.1 Å². The molecule has 0 unspecified atom stereocenters. The van der Waals surface area contributed by atoms with Crippen LogP contribution in [0.15, 0.2) is 42.5 Å². The lowest BCUT2D eigenvalue weighted by molar-refractivity contribution is 0.101. The van der Waals surface area contributed by atoms with Crippen LogP contribution in [0.4, 0.5) is 0 Å². The number of ketones is 1. The average Bonchev–Trinajstić information content (AvgIpc) is 2.44.